The third-order valence-electron chi connectivity index (χ3n) is 2.20. The summed E-state index contributed by atoms with van der Waals surface area (Å²) in [7, 11) is -4.72. The van der Waals surface area contributed by atoms with Crippen molar-refractivity contribution in [2.45, 2.75) is 13.8 Å². The van der Waals surface area contributed by atoms with Gasteiger partial charge in [0.15, 0.2) is 5.82 Å². The maximum Gasteiger partial charge on any atom is 0.474 e. The summed E-state index contributed by atoms with van der Waals surface area (Å²) in [5.41, 5.74) is 11.1. The molecule has 6 N–H and O–H groups in total. The lowest BCUT2D eigenvalue weighted by atomic mass is 10.4. The molecule has 0 aliphatic rings. The predicted molar refractivity (Wildman–Crippen MR) is 66.9 cm³/mol. The Morgan fingerprint density at radius 2 is 1.95 bits per heavy atom. The maximum absolute atomic E-state index is 10.6. The van der Waals surface area contributed by atoms with E-state index in [-0.39, 0.29) is 17.2 Å². The predicted octanol–water partition coefficient (Wildman–Crippen LogP) is -1.57. The largest absolute Gasteiger partial charge is 0.870 e. The second-order valence-electron chi connectivity index (χ2n) is 3.37. The molecule has 1 aromatic heterocycles. The zero-order valence-electron chi connectivity index (χ0n) is 10.5. The number of rotatable bonds is 5. The maximum atomic E-state index is 10.6. The lowest BCUT2D eigenvalue weighted by Gasteiger charge is -2.18. The highest BCUT2D eigenvalue weighted by atomic mass is 32.3. The third kappa shape index (κ3) is 4.39. The Labute approximate surface area is 110 Å². The minimum atomic E-state index is -4.72. The first-order valence-corrected chi connectivity index (χ1v) is 6.55. The first-order chi connectivity index (χ1) is 8.28. The van der Waals surface area contributed by atoms with Crippen LogP contribution >= 0.6 is 0 Å². The Kier molecular flexibility index (Phi) is 5.74. The van der Waals surface area contributed by atoms with E-state index in [2.05, 4.69) is 9.27 Å². The molecule has 0 amide bonds. The topological polar surface area (TPSA) is 166 Å². The summed E-state index contributed by atoms with van der Waals surface area (Å²) < 4.78 is 34.5. The highest BCUT2D eigenvalue weighted by Gasteiger charge is 2.21. The van der Waals surface area contributed by atoms with Gasteiger partial charge in [0.05, 0.1) is 6.07 Å². The second-order valence-corrected chi connectivity index (χ2v) is 4.37. The molecule has 19 heavy (non-hydrogen) atoms. The number of anilines is 3. The summed E-state index contributed by atoms with van der Waals surface area (Å²) in [6.07, 6.45) is 0. The molecule has 0 aromatic carbocycles. The number of hydrogen-bond donors (Lipinski definition) is 3. The SMILES string of the molecule is CCN(CC)c1cc(N)[n+](OS(=O)(=O)O)c(N)n1.[OH-]. The van der Waals surface area contributed by atoms with Crippen LogP contribution in [0.1, 0.15) is 13.8 Å². The summed E-state index contributed by atoms with van der Waals surface area (Å²) in [6, 6.07) is 1.40. The molecule has 1 rings (SSSR count). The van der Waals surface area contributed by atoms with E-state index in [1.165, 1.54) is 6.07 Å². The molecule has 0 aliphatic carbocycles. The van der Waals surface area contributed by atoms with Crippen LogP contribution in [0.2, 0.25) is 0 Å². The van der Waals surface area contributed by atoms with Crippen molar-refractivity contribution in [3.8, 4) is 0 Å². The molecular formula is C8H17N5O5S. The first kappa shape index (κ1) is 17.2. The Morgan fingerprint density at radius 3 is 2.32 bits per heavy atom. The molecular weight excluding hydrogens is 278 g/mol. The molecule has 0 aliphatic heterocycles. The van der Waals surface area contributed by atoms with E-state index in [9.17, 15) is 8.42 Å². The van der Waals surface area contributed by atoms with Crippen molar-refractivity contribution in [3.63, 3.8) is 0 Å². The van der Waals surface area contributed by atoms with Gasteiger partial charge in [-0.05, 0) is 18.6 Å². The molecule has 0 saturated heterocycles. The van der Waals surface area contributed by atoms with E-state index < -0.39 is 10.4 Å². The quantitative estimate of drug-likeness (QED) is 0.429. The highest BCUT2D eigenvalue weighted by Crippen LogP contribution is 2.13. The van der Waals surface area contributed by atoms with Gasteiger partial charge in [0.25, 0.3) is 0 Å². The van der Waals surface area contributed by atoms with Crippen LogP contribution in [-0.2, 0) is 10.4 Å². The Bertz CT molecular complexity index is 507. The summed E-state index contributed by atoms with van der Waals surface area (Å²) in [5, 5.41) is 0. The fourth-order valence-electron chi connectivity index (χ4n) is 1.40. The van der Waals surface area contributed by atoms with Crippen LogP contribution in [0.15, 0.2) is 6.07 Å². The van der Waals surface area contributed by atoms with E-state index in [0.29, 0.717) is 23.6 Å². The number of nitrogens with zero attached hydrogens (tertiary/aromatic N) is 3. The van der Waals surface area contributed by atoms with E-state index >= 15 is 0 Å². The van der Waals surface area contributed by atoms with Gasteiger partial charge in [0.1, 0.15) is 0 Å². The Morgan fingerprint density at radius 1 is 1.42 bits per heavy atom. The van der Waals surface area contributed by atoms with Crippen molar-refractivity contribution in [2.75, 3.05) is 29.5 Å². The van der Waals surface area contributed by atoms with Crippen molar-refractivity contribution in [1.82, 2.24) is 4.98 Å². The monoisotopic (exact) mass is 295 g/mol. The number of hydrogen-bond acceptors (Lipinski definition) is 8. The van der Waals surface area contributed by atoms with Crippen LogP contribution in [0.4, 0.5) is 17.6 Å². The van der Waals surface area contributed by atoms with Gasteiger partial charge in [0, 0.05) is 13.1 Å². The number of nitrogen functional groups attached to an aromatic ring is 2. The molecule has 0 bridgehead atoms. The summed E-state index contributed by atoms with van der Waals surface area (Å²) >= 11 is 0. The van der Waals surface area contributed by atoms with Gasteiger partial charge in [-0.15, -0.1) is 0 Å². The van der Waals surface area contributed by atoms with Crippen molar-refractivity contribution in [3.05, 3.63) is 6.07 Å². The minimum Gasteiger partial charge on any atom is -0.870 e. The van der Waals surface area contributed by atoms with Crippen LogP contribution in [0.25, 0.3) is 0 Å². The smallest absolute Gasteiger partial charge is 0.474 e. The Hall–Kier alpha value is -1.85. The first-order valence-electron chi connectivity index (χ1n) is 5.18. The van der Waals surface area contributed by atoms with E-state index in [1.54, 1.807) is 0 Å². The summed E-state index contributed by atoms with van der Waals surface area (Å²) in [4.78, 5) is 5.81. The standard InChI is InChI=1S/C8H15N5O4S.H2O/c1-3-12(4-2)7-5-6(9)13(8(10)11-7)17-18(14,15)16;/h5H,3-4H2,1-2H3,(H4,9,10,11,14,15,16);1H2. The van der Waals surface area contributed by atoms with E-state index in [1.807, 2.05) is 18.7 Å². The van der Waals surface area contributed by atoms with Gasteiger partial charge in [-0.2, -0.15) is 8.42 Å². The van der Waals surface area contributed by atoms with Crippen LogP contribution in [-0.4, -0.2) is 36.5 Å². The fourth-order valence-corrected chi connectivity index (χ4v) is 1.75. The average molecular weight is 295 g/mol. The summed E-state index contributed by atoms with van der Waals surface area (Å²) in [6.45, 7) is 5.22. The van der Waals surface area contributed by atoms with Gasteiger partial charge in [-0.3, -0.25) is 4.55 Å². The molecule has 0 radical (unpaired) electrons. The van der Waals surface area contributed by atoms with Crippen LogP contribution in [0.5, 0.6) is 0 Å². The van der Waals surface area contributed by atoms with Gasteiger partial charge in [0.2, 0.25) is 5.82 Å². The average Bonchev–Trinajstić information content (AvgIpc) is 2.24. The van der Waals surface area contributed by atoms with Gasteiger partial charge < -0.3 is 21.8 Å². The lowest BCUT2D eigenvalue weighted by molar-refractivity contribution is -0.835. The molecule has 1 aromatic rings. The molecule has 11 heteroatoms. The zero-order chi connectivity index (χ0) is 13.9. The summed E-state index contributed by atoms with van der Waals surface area (Å²) in [5.74, 6) is 0.113. The molecule has 0 atom stereocenters. The molecule has 10 nitrogen and oxygen atoms in total. The molecule has 1 heterocycles. The van der Waals surface area contributed by atoms with E-state index in [0.717, 1.165) is 0 Å². The van der Waals surface area contributed by atoms with Crippen molar-refractivity contribution in [2.24, 2.45) is 0 Å². The third-order valence-corrected chi connectivity index (χ3v) is 2.54. The second kappa shape index (κ2) is 6.36. The highest BCUT2D eigenvalue weighted by molar-refractivity contribution is 7.80. The van der Waals surface area contributed by atoms with Crippen molar-refractivity contribution < 1.29 is 27.5 Å². The van der Waals surface area contributed by atoms with Crippen molar-refractivity contribution in [1.29, 1.82) is 0 Å². The van der Waals surface area contributed by atoms with Crippen LogP contribution in [0.3, 0.4) is 0 Å². The van der Waals surface area contributed by atoms with Crippen molar-refractivity contribution >= 4 is 28.0 Å². The van der Waals surface area contributed by atoms with Crippen LogP contribution in [0, 0.1) is 0 Å². The number of aromatic nitrogens is 2. The Balaban J connectivity index is 0.00000324. The van der Waals surface area contributed by atoms with Gasteiger partial charge >= 0.3 is 16.3 Å². The number of nitrogens with two attached hydrogens (primary N) is 2. The lowest BCUT2D eigenvalue weighted by Crippen LogP contribution is -2.50. The fraction of sp³-hybridized carbons (Fsp3) is 0.500. The molecule has 0 unspecified atom stereocenters. The van der Waals surface area contributed by atoms with E-state index in [4.69, 9.17) is 16.0 Å². The van der Waals surface area contributed by atoms with Gasteiger partial charge in [-0.25, -0.2) is 4.28 Å². The molecule has 0 saturated carbocycles. The molecule has 0 spiro atoms. The molecule has 110 valence electrons. The normalized spacial score (nSPS) is 10.7. The minimum absolute atomic E-state index is 0. The molecule has 0 fully saturated rings. The van der Waals surface area contributed by atoms with Gasteiger partial charge in [-0.1, -0.05) is 4.98 Å². The van der Waals surface area contributed by atoms with Crippen LogP contribution < -0.4 is 25.4 Å². The zero-order valence-corrected chi connectivity index (χ0v) is 11.3.